The van der Waals surface area contributed by atoms with Crippen LogP contribution in [0, 0.1) is 12.7 Å². The standard InChI is InChI=1S/C27H21FN4O/c1-17-14-19(5-11-24(17)28)26-22(4-3-13-29-26)18-6-12-25-23(15-18)27(31-16-30-25)32-20-7-9-21(33-2)10-8-20/h3-16H,1-2H3,(H,30,31,32). The highest BCUT2D eigenvalue weighted by Gasteiger charge is 2.12. The van der Waals surface area contributed by atoms with Crippen molar-refractivity contribution in [2.75, 3.05) is 12.4 Å². The van der Waals surface area contributed by atoms with E-state index in [1.807, 2.05) is 54.6 Å². The Labute approximate surface area is 191 Å². The number of aromatic nitrogens is 3. The van der Waals surface area contributed by atoms with Gasteiger partial charge in [0.05, 0.1) is 18.3 Å². The summed E-state index contributed by atoms with van der Waals surface area (Å²) in [4.78, 5) is 13.5. The Morgan fingerprint density at radius 1 is 0.848 bits per heavy atom. The molecule has 0 saturated heterocycles. The molecular formula is C27H21FN4O. The van der Waals surface area contributed by atoms with E-state index in [4.69, 9.17) is 4.74 Å². The van der Waals surface area contributed by atoms with Gasteiger partial charge in [0, 0.05) is 28.4 Å². The number of benzene rings is 3. The summed E-state index contributed by atoms with van der Waals surface area (Å²) in [5.74, 6) is 1.26. The Kier molecular flexibility index (Phi) is 5.40. The van der Waals surface area contributed by atoms with Crippen molar-refractivity contribution in [3.63, 3.8) is 0 Å². The minimum Gasteiger partial charge on any atom is -0.497 e. The lowest BCUT2D eigenvalue weighted by atomic mass is 9.97. The first kappa shape index (κ1) is 20.6. The minimum atomic E-state index is -0.228. The monoisotopic (exact) mass is 436 g/mol. The number of rotatable bonds is 5. The second kappa shape index (κ2) is 8.67. The summed E-state index contributed by atoms with van der Waals surface area (Å²) < 4.78 is 19.1. The molecule has 0 atom stereocenters. The smallest absolute Gasteiger partial charge is 0.141 e. The lowest BCUT2D eigenvalue weighted by Gasteiger charge is -2.13. The number of fused-ring (bicyclic) bond motifs is 1. The second-order valence-corrected chi connectivity index (χ2v) is 7.67. The van der Waals surface area contributed by atoms with Crippen LogP contribution in [-0.4, -0.2) is 22.1 Å². The highest BCUT2D eigenvalue weighted by Crippen LogP contribution is 2.34. The highest BCUT2D eigenvalue weighted by atomic mass is 19.1. The normalized spacial score (nSPS) is 10.9. The molecule has 2 heterocycles. The summed E-state index contributed by atoms with van der Waals surface area (Å²) in [5.41, 5.74) is 5.89. The second-order valence-electron chi connectivity index (χ2n) is 7.67. The minimum absolute atomic E-state index is 0.228. The molecule has 33 heavy (non-hydrogen) atoms. The molecule has 0 aliphatic carbocycles. The van der Waals surface area contributed by atoms with Gasteiger partial charge in [0.1, 0.15) is 23.7 Å². The number of nitrogens with zero attached hydrogens (tertiary/aromatic N) is 3. The quantitative estimate of drug-likeness (QED) is 0.338. The van der Waals surface area contributed by atoms with Gasteiger partial charge in [0.25, 0.3) is 0 Å². The first-order valence-corrected chi connectivity index (χ1v) is 10.5. The molecule has 3 aromatic carbocycles. The van der Waals surface area contributed by atoms with E-state index in [9.17, 15) is 4.39 Å². The topological polar surface area (TPSA) is 59.9 Å². The summed E-state index contributed by atoms with van der Waals surface area (Å²) in [7, 11) is 1.64. The van der Waals surface area contributed by atoms with Crippen molar-refractivity contribution in [3.8, 4) is 28.1 Å². The molecule has 5 rings (SSSR count). The fourth-order valence-corrected chi connectivity index (χ4v) is 3.80. The van der Waals surface area contributed by atoms with E-state index in [-0.39, 0.29) is 5.82 Å². The zero-order valence-electron chi connectivity index (χ0n) is 18.2. The summed E-state index contributed by atoms with van der Waals surface area (Å²) in [6.45, 7) is 1.76. The lowest BCUT2D eigenvalue weighted by Crippen LogP contribution is -1.97. The fourth-order valence-electron chi connectivity index (χ4n) is 3.80. The van der Waals surface area contributed by atoms with Gasteiger partial charge in [-0.05, 0) is 78.7 Å². The van der Waals surface area contributed by atoms with Gasteiger partial charge in [0.2, 0.25) is 0 Å². The summed E-state index contributed by atoms with van der Waals surface area (Å²) >= 11 is 0. The van der Waals surface area contributed by atoms with Crippen molar-refractivity contribution in [3.05, 3.63) is 96.7 Å². The summed E-state index contributed by atoms with van der Waals surface area (Å²) in [5, 5.41) is 4.26. The molecule has 0 amide bonds. The average molecular weight is 436 g/mol. The molecule has 1 N–H and O–H groups in total. The van der Waals surface area contributed by atoms with E-state index in [1.54, 1.807) is 32.6 Å². The Morgan fingerprint density at radius 3 is 2.45 bits per heavy atom. The summed E-state index contributed by atoms with van der Waals surface area (Å²) in [6, 6.07) is 22.7. The van der Waals surface area contributed by atoms with Crippen LogP contribution >= 0.6 is 0 Å². The van der Waals surface area contributed by atoms with E-state index >= 15 is 0 Å². The molecule has 162 valence electrons. The first-order valence-electron chi connectivity index (χ1n) is 10.5. The number of hydrogen-bond acceptors (Lipinski definition) is 5. The largest absolute Gasteiger partial charge is 0.497 e. The zero-order valence-corrected chi connectivity index (χ0v) is 18.2. The van der Waals surface area contributed by atoms with Crippen molar-refractivity contribution in [2.45, 2.75) is 6.92 Å². The van der Waals surface area contributed by atoms with Crippen LogP contribution in [0.2, 0.25) is 0 Å². The molecule has 0 bridgehead atoms. The van der Waals surface area contributed by atoms with E-state index in [0.29, 0.717) is 11.4 Å². The van der Waals surface area contributed by atoms with Crippen LogP contribution in [0.15, 0.2) is 85.3 Å². The third-order valence-corrected chi connectivity index (χ3v) is 5.54. The molecule has 0 saturated carbocycles. The molecule has 0 aliphatic rings. The number of hydrogen-bond donors (Lipinski definition) is 1. The van der Waals surface area contributed by atoms with Gasteiger partial charge in [-0.3, -0.25) is 4.98 Å². The molecule has 0 unspecified atom stereocenters. The maximum absolute atomic E-state index is 13.8. The third-order valence-electron chi connectivity index (χ3n) is 5.54. The number of nitrogens with one attached hydrogen (secondary N) is 1. The molecular weight excluding hydrogens is 415 g/mol. The van der Waals surface area contributed by atoms with Gasteiger partial charge in [-0.25, -0.2) is 14.4 Å². The molecule has 0 aliphatic heterocycles. The predicted octanol–water partition coefficient (Wildman–Crippen LogP) is 6.56. The predicted molar refractivity (Wildman–Crippen MR) is 129 cm³/mol. The first-order chi connectivity index (χ1) is 16.1. The Hall–Kier alpha value is -4.32. The zero-order chi connectivity index (χ0) is 22.8. The molecule has 2 aromatic heterocycles. The van der Waals surface area contributed by atoms with Crippen molar-refractivity contribution >= 4 is 22.4 Å². The Bertz CT molecular complexity index is 1450. The van der Waals surface area contributed by atoms with Crippen LogP contribution < -0.4 is 10.1 Å². The van der Waals surface area contributed by atoms with Crippen LogP contribution in [0.1, 0.15) is 5.56 Å². The molecule has 5 aromatic rings. The molecule has 5 nitrogen and oxygen atoms in total. The third kappa shape index (κ3) is 4.11. The molecule has 6 heteroatoms. The molecule has 0 spiro atoms. The Morgan fingerprint density at radius 2 is 1.67 bits per heavy atom. The Balaban J connectivity index is 1.59. The summed E-state index contributed by atoms with van der Waals surface area (Å²) in [6.07, 6.45) is 3.29. The van der Waals surface area contributed by atoms with Crippen LogP contribution in [0.25, 0.3) is 33.3 Å². The fraction of sp³-hybridized carbons (Fsp3) is 0.0741. The van der Waals surface area contributed by atoms with Crippen LogP contribution in [0.3, 0.4) is 0 Å². The van der Waals surface area contributed by atoms with Gasteiger partial charge in [-0.15, -0.1) is 0 Å². The average Bonchev–Trinajstić information content (AvgIpc) is 2.86. The highest BCUT2D eigenvalue weighted by molar-refractivity contribution is 5.95. The van der Waals surface area contributed by atoms with E-state index < -0.39 is 0 Å². The molecule has 0 fully saturated rings. The van der Waals surface area contributed by atoms with Crippen LogP contribution in [-0.2, 0) is 0 Å². The number of aryl methyl sites for hydroxylation is 1. The van der Waals surface area contributed by atoms with Gasteiger partial charge in [-0.1, -0.05) is 12.1 Å². The maximum atomic E-state index is 13.8. The van der Waals surface area contributed by atoms with E-state index in [1.165, 1.54) is 6.07 Å². The van der Waals surface area contributed by atoms with Crippen LogP contribution in [0.4, 0.5) is 15.9 Å². The number of anilines is 2. The van der Waals surface area contributed by atoms with Gasteiger partial charge < -0.3 is 10.1 Å². The van der Waals surface area contributed by atoms with Gasteiger partial charge >= 0.3 is 0 Å². The van der Waals surface area contributed by atoms with Crippen molar-refractivity contribution in [1.82, 2.24) is 15.0 Å². The van der Waals surface area contributed by atoms with Crippen molar-refractivity contribution in [2.24, 2.45) is 0 Å². The number of halogens is 1. The lowest BCUT2D eigenvalue weighted by molar-refractivity contribution is 0.415. The molecule has 0 radical (unpaired) electrons. The van der Waals surface area contributed by atoms with Crippen LogP contribution in [0.5, 0.6) is 5.75 Å². The van der Waals surface area contributed by atoms with Crippen molar-refractivity contribution < 1.29 is 9.13 Å². The number of methoxy groups -OCH3 is 1. The van der Waals surface area contributed by atoms with Crippen molar-refractivity contribution in [1.29, 1.82) is 0 Å². The van der Waals surface area contributed by atoms with Gasteiger partial charge in [-0.2, -0.15) is 0 Å². The van der Waals surface area contributed by atoms with E-state index in [2.05, 4.69) is 26.3 Å². The number of ether oxygens (including phenoxy) is 1. The van der Waals surface area contributed by atoms with Gasteiger partial charge in [0.15, 0.2) is 0 Å². The number of pyridine rings is 1. The maximum Gasteiger partial charge on any atom is 0.141 e. The van der Waals surface area contributed by atoms with E-state index in [0.717, 1.165) is 44.7 Å². The SMILES string of the molecule is COc1ccc(Nc2ncnc3ccc(-c4cccnc4-c4ccc(F)c(C)c4)cc23)cc1.